The standard InChI is InChI=1S/C26H32N4O3/c1-29(24(31)12-11-21-17-20-7-5-6-10-23(20)28-25(21)32)18-19-13-15-30(16-14-19)26(33)27-22-8-3-2-4-9-22/h2-10,19,21H,11-18H2,1H3,(H,27,33)(H,28,32)/t21-/m1/s1. The van der Waals surface area contributed by atoms with E-state index in [-0.39, 0.29) is 23.8 Å². The van der Waals surface area contributed by atoms with Gasteiger partial charge in [0, 0.05) is 50.4 Å². The number of hydrogen-bond acceptors (Lipinski definition) is 3. The molecule has 4 amide bonds. The molecule has 2 aliphatic rings. The van der Waals surface area contributed by atoms with E-state index in [9.17, 15) is 14.4 Å². The third kappa shape index (κ3) is 5.92. The van der Waals surface area contributed by atoms with Crippen molar-refractivity contribution in [3.05, 3.63) is 60.2 Å². The van der Waals surface area contributed by atoms with Crippen LogP contribution in [0.4, 0.5) is 16.2 Å². The van der Waals surface area contributed by atoms with Crippen LogP contribution in [0.25, 0.3) is 0 Å². The number of urea groups is 1. The molecule has 0 radical (unpaired) electrons. The number of para-hydroxylation sites is 2. The molecule has 33 heavy (non-hydrogen) atoms. The largest absolute Gasteiger partial charge is 0.345 e. The van der Waals surface area contributed by atoms with Crippen molar-refractivity contribution in [3.63, 3.8) is 0 Å². The van der Waals surface area contributed by atoms with Gasteiger partial charge < -0.3 is 20.4 Å². The van der Waals surface area contributed by atoms with Crippen LogP contribution in [0.1, 0.15) is 31.2 Å². The average Bonchev–Trinajstić information content (AvgIpc) is 2.83. The molecule has 0 aromatic heterocycles. The van der Waals surface area contributed by atoms with Gasteiger partial charge in [0.1, 0.15) is 0 Å². The molecule has 7 heteroatoms. The van der Waals surface area contributed by atoms with Crippen molar-refractivity contribution in [2.24, 2.45) is 11.8 Å². The van der Waals surface area contributed by atoms with Crippen molar-refractivity contribution in [2.45, 2.75) is 32.1 Å². The molecule has 7 nitrogen and oxygen atoms in total. The average molecular weight is 449 g/mol. The molecule has 1 saturated heterocycles. The Bertz CT molecular complexity index is 986. The molecular weight excluding hydrogens is 416 g/mol. The number of hydrogen-bond donors (Lipinski definition) is 2. The molecule has 4 rings (SSSR count). The minimum atomic E-state index is -0.163. The van der Waals surface area contributed by atoms with Crippen molar-refractivity contribution >= 4 is 29.2 Å². The number of carbonyl (C=O) groups excluding carboxylic acids is 3. The number of anilines is 2. The van der Waals surface area contributed by atoms with Gasteiger partial charge in [-0.05, 0) is 55.4 Å². The second-order valence-corrected chi connectivity index (χ2v) is 9.09. The summed E-state index contributed by atoms with van der Waals surface area (Å²) in [5.41, 5.74) is 2.81. The fourth-order valence-corrected chi connectivity index (χ4v) is 4.67. The lowest BCUT2D eigenvalue weighted by molar-refractivity contribution is -0.131. The van der Waals surface area contributed by atoms with Gasteiger partial charge in [-0.15, -0.1) is 0 Å². The summed E-state index contributed by atoms with van der Waals surface area (Å²) in [6, 6.07) is 17.2. The molecule has 0 unspecified atom stereocenters. The fraction of sp³-hybridized carbons (Fsp3) is 0.423. The Morgan fingerprint density at radius 3 is 2.52 bits per heavy atom. The zero-order chi connectivity index (χ0) is 23.2. The van der Waals surface area contributed by atoms with Crippen LogP contribution < -0.4 is 10.6 Å². The van der Waals surface area contributed by atoms with E-state index in [1.54, 1.807) is 4.90 Å². The summed E-state index contributed by atoms with van der Waals surface area (Å²) in [7, 11) is 1.84. The Morgan fingerprint density at radius 2 is 1.76 bits per heavy atom. The molecule has 1 fully saturated rings. The van der Waals surface area contributed by atoms with Crippen molar-refractivity contribution < 1.29 is 14.4 Å². The summed E-state index contributed by atoms with van der Waals surface area (Å²) in [4.78, 5) is 41.2. The molecular formula is C26H32N4O3. The van der Waals surface area contributed by atoms with Crippen LogP contribution >= 0.6 is 0 Å². The number of rotatable bonds is 6. The zero-order valence-corrected chi connectivity index (χ0v) is 19.1. The van der Waals surface area contributed by atoms with Crippen LogP contribution in [0.15, 0.2) is 54.6 Å². The van der Waals surface area contributed by atoms with E-state index in [4.69, 9.17) is 0 Å². The second-order valence-electron chi connectivity index (χ2n) is 9.09. The predicted molar refractivity (Wildman–Crippen MR) is 129 cm³/mol. The van der Waals surface area contributed by atoms with Gasteiger partial charge in [-0.25, -0.2) is 4.79 Å². The van der Waals surface area contributed by atoms with Crippen molar-refractivity contribution in [2.75, 3.05) is 37.3 Å². The highest BCUT2D eigenvalue weighted by atomic mass is 16.2. The summed E-state index contributed by atoms with van der Waals surface area (Å²) >= 11 is 0. The number of amides is 4. The topological polar surface area (TPSA) is 81.8 Å². The number of likely N-dealkylation sites (tertiary alicyclic amines) is 1. The molecule has 0 spiro atoms. The first kappa shape index (κ1) is 22.8. The minimum absolute atomic E-state index is 0.00491. The fourth-order valence-electron chi connectivity index (χ4n) is 4.67. The van der Waals surface area contributed by atoms with Crippen molar-refractivity contribution in [1.29, 1.82) is 0 Å². The third-order valence-electron chi connectivity index (χ3n) is 6.70. The van der Waals surface area contributed by atoms with Gasteiger partial charge >= 0.3 is 6.03 Å². The molecule has 2 N–H and O–H groups in total. The van der Waals surface area contributed by atoms with E-state index in [2.05, 4.69) is 10.6 Å². The molecule has 1 atom stereocenters. The Balaban J connectivity index is 1.18. The predicted octanol–water partition coefficient (Wildman–Crippen LogP) is 3.98. The van der Waals surface area contributed by atoms with E-state index in [0.29, 0.717) is 44.8 Å². The van der Waals surface area contributed by atoms with Crippen molar-refractivity contribution in [1.82, 2.24) is 9.80 Å². The summed E-state index contributed by atoms with van der Waals surface area (Å²) in [6.07, 6.45) is 3.36. The van der Waals surface area contributed by atoms with E-state index >= 15 is 0 Å². The summed E-state index contributed by atoms with van der Waals surface area (Å²) in [6.45, 7) is 2.06. The van der Waals surface area contributed by atoms with E-state index in [0.717, 1.165) is 29.8 Å². The van der Waals surface area contributed by atoms with Gasteiger partial charge in [-0.2, -0.15) is 0 Å². The summed E-state index contributed by atoms with van der Waals surface area (Å²) in [5.74, 6) is 0.296. The lowest BCUT2D eigenvalue weighted by Gasteiger charge is -2.34. The molecule has 0 bridgehead atoms. The maximum Gasteiger partial charge on any atom is 0.321 e. The lowest BCUT2D eigenvalue weighted by Crippen LogP contribution is -2.43. The van der Waals surface area contributed by atoms with Gasteiger partial charge in [0.15, 0.2) is 0 Å². The Labute approximate surface area is 195 Å². The molecule has 0 aliphatic carbocycles. The van der Waals surface area contributed by atoms with E-state index in [1.807, 2.05) is 66.5 Å². The van der Waals surface area contributed by atoms with Crippen molar-refractivity contribution in [3.8, 4) is 0 Å². The van der Waals surface area contributed by atoms with Gasteiger partial charge in [0.2, 0.25) is 11.8 Å². The zero-order valence-electron chi connectivity index (χ0n) is 19.1. The quantitative estimate of drug-likeness (QED) is 0.701. The normalized spacial score (nSPS) is 18.3. The highest BCUT2D eigenvalue weighted by Gasteiger charge is 2.28. The number of fused-ring (bicyclic) bond motifs is 1. The first-order valence-corrected chi connectivity index (χ1v) is 11.7. The van der Waals surface area contributed by atoms with Gasteiger partial charge in [0.25, 0.3) is 0 Å². The molecule has 2 aromatic rings. The highest BCUT2D eigenvalue weighted by Crippen LogP contribution is 2.28. The smallest absolute Gasteiger partial charge is 0.321 e. The monoisotopic (exact) mass is 448 g/mol. The lowest BCUT2D eigenvalue weighted by atomic mass is 9.89. The minimum Gasteiger partial charge on any atom is -0.345 e. The maximum atomic E-state index is 12.7. The first-order chi connectivity index (χ1) is 16.0. The SMILES string of the molecule is CN(CC1CCN(C(=O)Nc2ccccc2)CC1)C(=O)CC[C@@H]1Cc2ccccc2NC1=O. The van der Waals surface area contributed by atoms with Crippen LogP contribution in [0.3, 0.4) is 0 Å². The number of piperidine rings is 1. The number of benzene rings is 2. The van der Waals surface area contributed by atoms with E-state index in [1.165, 1.54) is 0 Å². The summed E-state index contributed by atoms with van der Waals surface area (Å²) in [5, 5.41) is 5.89. The van der Waals surface area contributed by atoms with Crippen LogP contribution in [0, 0.1) is 11.8 Å². The molecule has 174 valence electrons. The third-order valence-corrected chi connectivity index (χ3v) is 6.70. The van der Waals surface area contributed by atoms with E-state index < -0.39 is 0 Å². The second kappa shape index (κ2) is 10.5. The van der Waals surface area contributed by atoms with Gasteiger partial charge in [-0.3, -0.25) is 9.59 Å². The molecule has 2 heterocycles. The van der Waals surface area contributed by atoms with Crippen LogP contribution in [-0.2, 0) is 16.0 Å². The van der Waals surface area contributed by atoms with Crippen LogP contribution in [0.5, 0.6) is 0 Å². The molecule has 2 aromatic carbocycles. The first-order valence-electron chi connectivity index (χ1n) is 11.7. The number of nitrogens with one attached hydrogen (secondary N) is 2. The van der Waals surface area contributed by atoms with Crippen LogP contribution in [0.2, 0.25) is 0 Å². The Kier molecular flexibility index (Phi) is 7.27. The van der Waals surface area contributed by atoms with Gasteiger partial charge in [0.05, 0.1) is 0 Å². The number of carbonyl (C=O) groups is 3. The highest BCUT2D eigenvalue weighted by molar-refractivity contribution is 5.96. The molecule has 0 saturated carbocycles. The molecule has 2 aliphatic heterocycles. The van der Waals surface area contributed by atoms with Gasteiger partial charge in [-0.1, -0.05) is 36.4 Å². The number of nitrogens with zero attached hydrogens (tertiary/aromatic N) is 2. The summed E-state index contributed by atoms with van der Waals surface area (Å²) < 4.78 is 0. The maximum absolute atomic E-state index is 12.7. The van der Waals surface area contributed by atoms with Crippen LogP contribution in [-0.4, -0.2) is 54.3 Å². The Hall–Kier alpha value is -3.35. The Morgan fingerprint density at radius 1 is 1.06 bits per heavy atom.